The molecule has 2 saturated heterocycles. The van der Waals surface area contributed by atoms with Crippen molar-refractivity contribution in [1.29, 1.82) is 0 Å². The average Bonchev–Trinajstić information content (AvgIpc) is 2.55. The van der Waals surface area contributed by atoms with Gasteiger partial charge in [-0.2, -0.15) is 0 Å². The number of piperazine rings is 1. The molecule has 0 spiro atoms. The van der Waals surface area contributed by atoms with E-state index in [0.717, 1.165) is 24.8 Å². The molecule has 0 aliphatic carbocycles. The van der Waals surface area contributed by atoms with E-state index in [1.165, 1.54) is 44.7 Å². The molecule has 4 nitrogen and oxygen atoms in total. The van der Waals surface area contributed by atoms with Crippen LogP contribution in [-0.2, 0) is 0 Å². The summed E-state index contributed by atoms with van der Waals surface area (Å²) in [5.74, 6) is 0. The predicted molar refractivity (Wildman–Crippen MR) is 99.0 cm³/mol. The van der Waals surface area contributed by atoms with E-state index in [-0.39, 0.29) is 0 Å². The summed E-state index contributed by atoms with van der Waals surface area (Å²) in [6.07, 6.45) is 2.56. The maximum atomic E-state index is 5.79. The number of nitrogens with two attached hydrogens (primary N) is 1. The third kappa shape index (κ3) is 3.99. The van der Waals surface area contributed by atoms with E-state index in [1.807, 2.05) is 12.1 Å². The fraction of sp³-hybridized carbons (Fsp3) is 0.684. The zero-order valence-electron chi connectivity index (χ0n) is 15.0. The van der Waals surface area contributed by atoms with Crippen molar-refractivity contribution in [3.8, 4) is 0 Å². The van der Waals surface area contributed by atoms with Crippen LogP contribution in [0.4, 0.5) is 11.4 Å². The van der Waals surface area contributed by atoms with Crippen LogP contribution in [-0.4, -0.2) is 60.6 Å². The molecule has 128 valence electrons. The van der Waals surface area contributed by atoms with E-state index in [1.54, 1.807) is 0 Å². The minimum atomic E-state index is 0.310. The van der Waals surface area contributed by atoms with Crippen LogP contribution >= 0.6 is 0 Å². The number of piperidine rings is 1. The second-order valence-corrected chi connectivity index (χ2v) is 8.00. The molecule has 2 fully saturated rings. The van der Waals surface area contributed by atoms with Crippen LogP contribution in [0.3, 0.4) is 0 Å². The van der Waals surface area contributed by atoms with Crippen LogP contribution in [0.2, 0.25) is 0 Å². The molecule has 2 aliphatic heterocycles. The largest absolute Gasteiger partial charge is 0.399 e. The summed E-state index contributed by atoms with van der Waals surface area (Å²) < 4.78 is 0. The van der Waals surface area contributed by atoms with Crippen molar-refractivity contribution in [3.05, 3.63) is 24.3 Å². The van der Waals surface area contributed by atoms with Gasteiger partial charge in [-0.05, 0) is 57.9 Å². The van der Waals surface area contributed by atoms with Crippen molar-refractivity contribution in [2.75, 3.05) is 49.9 Å². The van der Waals surface area contributed by atoms with Crippen LogP contribution in [0.1, 0.15) is 33.6 Å². The molecule has 2 heterocycles. The van der Waals surface area contributed by atoms with Crippen molar-refractivity contribution >= 4 is 11.4 Å². The summed E-state index contributed by atoms with van der Waals surface area (Å²) in [5.41, 5.74) is 8.26. The van der Waals surface area contributed by atoms with Gasteiger partial charge in [0, 0.05) is 62.2 Å². The molecule has 4 heteroatoms. The van der Waals surface area contributed by atoms with Crippen LogP contribution in [0, 0.1) is 0 Å². The maximum absolute atomic E-state index is 5.79. The Morgan fingerprint density at radius 3 is 1.96 bits per heavy atom. The maximum Gasteiger partial charge on any atom is 0.0367 e. The number of rotatable bonds is 2. The van der Waals surface area contributed by atoms with Gasteiger partial charge in [0.1, 0.15) is 0 Å². The van der Waals surface area contributed by atoms with Gasteiger partial charge in [-0.3, -0.25) is 9.80 Å². The Labute approximate surface area is 141 Å². The Hall–Kier alpha value is -1.26. The molecule has 0 amide bonds. The van der Waals surface area contributed by atoms with Gasteiger partial charge in [-0.25, -0.2) is 0 Å². The summed E-state index contributed by atoms with van der Waals surface area (Å²) in [6, 6.07) is 9.08. The first kappa shape index (κ1) is 16.6. The first-order chi connectivity index (χ1) is 10.9. The minimum absolute atomic E-state index is 0.310. The number of hydrogen-bond donors (Lipinski definition) is 1. The molecule has 2 N–H and O–H groups in total. The number of nitrogens with zero attached hydrogens (tertiary/aromatic N) is 3. The molecule has 0 atom stereocenters. The van der Waals surface area contributed by atoms with E-state index in [0.29, 0.717) is 5.54 Å². The van der Waals surface area contributed by atoms with Gasteiger partial charge in [0.2, 0.25) is 0 Å². The van der Waals surface area contributed by atoms with Crippen LogP contribution in [0.15, 0.2) is 24.3 Å². The monoisotopic (exact) mass is 316 g/mol. The number of anilines is 2. The zero-order chi connectivity index (χ0) is 16.4. The molecule has 1 aromatic carbocycles. The minimum Gasteiger partial charge on any atom is -0.399 e. The Kier molecular flexibility index (Phi) is 4.83. The summed E-state index contributed by atoms with van der Waals surface area (Å²) in [5, 5.41) is 0. The van der Waals surface area contributed by atoms with Crippen molar-refractivity contribution in [3.63, 3.8) is 0 Å². The van der Waals surface area contributed by atoms with E-state index < -0.39 is 0 Å². The highest BCUT2D eigenvalue weighted by molar-refractivity contribution is 5.53. The molecule has 0 radical (unpaired) electrons. The summed E-state index contributed by atoms with van der Waals surface area (Å²) in [4.78, 5) is 7.84. The van der Waals surface area contributed by atoms with Gasteiger partial charge in [0.05, 0.1) is 0 Å². The summed E-state index contributed by atoms with van der Waals surface area (Å²) in [7, 11) is 0. The first-order valence-electron chi connectivity index (χ1n) is 9.03. The van der Waals surface area contributed by atoms with Gasteiger partial charge >= 0.3 is 0 Å². The lowest BCUT2D eigenvalue weighted by Crippen LogP contribution is -2.57. The fourth-order valence-electron chi connectivity index (χ4n) is 3.93. The lowest BCUT2D eigenvalue weighted by molar-refractivity contribution is 0.0364. The van der Waals surface area contributed by atoms with Crippen molar-refractivity contribution in [2.45, 2.75) is 45.2 Å². The van der Waals surface area contributed by atoms with Crippen molar-refractivity contribution in [1.82, 2.24) is 9.80 Å². The average molecular weight is 316 g/mol. The second-order valence-electron chi connectivity index (χ2n) is 8.00. The number of nitrogen functional groups attached to an aromatic ring is 1. The van der Waals surface area contributed by atoms with Gasteiger partial charge in [0.15, 0.2) is 0 Å². The molecular weight excluding hydrogens is 284 g/mol. The lowest BCUT2D eigenvalue weighted by atomic mass is 10.00. The highest BCUT2D eigenvalue weighted by Gasteiger charge is 2.30. The Morgan fingerprint density at radius 1 is 0.870 bits per heavy atom. The fourth-order valence-corrected chi connectivity index (χ4v) is 3.93. The first-order valence-corrected chi connectivity index (χ1v) is 9.03. The van der Waals surface area contributed by atoms with E-state index >= 15 is 0 Å². The molecule has 3 rings (SSSR count). The molecule has 0 unspecified atom stereocenters. The Morgan fingerprint density at radius 2 is 1.43 bits per heavy atom. The molecule has 1 aromatic rings. The standard InChI is InChI=1S/C19H32N4/c1-19(2,3)23-14-12-22(13-15-23)18-8-10-21(11-9-18)17-6-4-16(20)5-7-17/h4-7,18H,8-15,20H2,1-3H3. The zero-order valence-corrected chi connectivity index (χ0v) is 15.0. The number of benzene rings is 1. The van der Waals surface area contributed by atoms with E-state index in [2.05, 4.69) is 47.6 Å². The van der Waals surface area contributed by atoms with E-state index in [9.17, 15) is 0 Å². The third-order valence-electron chi connectivity index (χ3n) is 5.50. The van der Waals surface area contributed by atoms with Gasteiger partial charge in [0.25, 0.3) is 0 Å². The lowest BCUT2D eigenvalue weighted by Gasteiger charge is -2.46. The smallest absolute Gasteiger partial charge is 0.0367 e. The quantitative estimate of drug-likeness (QED) is 0.851. The topological polar surface area (TPSA) is 35.7 Å². The van der Waals surface area contributed by atoms with Gasteiger partial charge in [-0.1, -0.05) is 0 Å². The summed E-state index contributed by atoms with van der Waals surface area (Å²) in [6.45, 7) is 14.2. The summed E-state index contributed by atoms with van der Waals surface area (Å²) >= 11 is 0. The van der Waals surface area contributed by atoms with Crippen molar-refractivity contribution < 1.29 is 0 Å². The number of hydrogen-bond acceptors (Lipinski definition) is 4. The van der Waals surface area contributed by atoms with Crippen LogP contribution in [0.5, 0.6) is 0 Å². The SMILES string of the molecule is CC(C)(C)N1CCN(C2CCN(c3ccc(N)cc3)CC2)CC1. The molecule has 0 bridgehead atoms. The third-order valence-corrected chi connectivity index (χ3v) is 5.50. The molecular formula is C19H32N4. The van der Waals surface area contributed by atoms with Crippen LogP contribution < -0.4 is 10.6 Å². The normalized spacial score (nSPS) is 22.5. The highest BCUT2D eigenvalue weighted by Crippen LogP contribution is 2.25. The Bertz CT molecular complexity index is 489. The van der Waals surface area contributed by atoms with Gasteiger partial charge in [-0.15, -0.1) is 0 Å². The van der Waals surface area contributed by atoms with Crippen molar-refractivity contribution in [2.24, 2.45) is 0 Å². The van der Waals surface area contributed by atoms with Crippen LogP contribution in [0.25, 0.3) is 0 Å². The van der Waals surface area contributed by atoms with E-state index in [4.69, 9.17) is 5.73 Å². The molecule has 2 aliphatic rings. The molecule has 0 saturated carbocycles. The molecule has 0 aromatic heterocycles. The van der Waals surface area contributed by atoms with Gasteiger partial charge < -0.3 is 10.6 Å². The highest BCUT2D eigenvalue weighted by atomic mass is 15.3. The predicted octanol–water partition coefficient (Wildman–Crippen LogP) is 2.65. The Balaban J connectivity index is 1.49. The second kappa shape index (κ2) is 6.70. The molecule has 23 heavy (non-hydrogen) atoms.